The van der Waals surface area contributed by atoms with Crippen LogP contribution in [-0.4, -0.2) is 20.3 Å². The summed E-state index contributed by atoms with van der Waals surface area (Å²) in [5.41, 5.74) is 1.15. The van der Waals surface area contributed by atoms with E-state index in [-0.39, 0.29) is 0 Å². The van der Waals surface area contributed by atoms with Crippen LogP contribution in [0.4, 0.5) is 0 Å². The van der Waals surface area contributed by atoms with Crippen molar-refractivity contribution in [2.75, 3.05) is 20.3 Å². The van der Waals surface area contributed by atoms with Crippen LogP contribution in [0.25, 0.3) is 0 Å². The maximum atomic E-state index is 5.54. The van der Waals surface area contributed by atoms with Gasteiger partial charge in [0.2, 0.25) is 0 Å². The van der Waals surface area contributed by atoms with Crippen LogP contribution < -0.4 is 14.8 Å². The highest BCUT2D eigenvalue weighted by molar-refractivity contribution is 5.46. The van der Waals surface area contributed by atoms with Crippen molar-refractivity contribution >= 4 is 0 Å². The van der Waals surface area contributed by atoms with Crippen molar-refractivity contribution in [3.63, 3.8) is 0 Å². The second-order valence-corrected chi connectivity index (χ2v) is 3.91. The summed E-state index contributed by atoms with van der Waals surface area (Å²) in [4.78, 5) is 0. The fraction of sp³-hybridized carbons (Fsp3) is 0.571. The summed E-state index contributed by atoms with van der Waals surface area (Å²) in [5.74, 6) is 1.67. The standard InChI is InChI=1S/C14H23NO2/c1-4-6-10-15-11-12-8-7-9-13(17-5-2)14(12)16-3/h7-9,15H,4-6,10-11H2,1-3H3. The monoisotopic (exact) mass is 237 g/mol. The van der Waals surface area contributed by atoms with Gasteiger partial charge in [0.15, 0.2) is 11.5 Å². The molecule has 1 aromatic rings. The molecule has 0 bridgehead atoms. The van der Waals surface area contributed by atoms with E-state index in [1.165, 1.54) is 12.8 Å². The lowest BCUT2D eigenvalue weighted by Gasteiger charge is -2.14. The van der Waals surface area contributed by atoms with Crippen molar-refractivity contribution in [3.05, 3.63) is 23.8 Å². The van der Waals surface area contributed by atoms with E-state index in [2.05, 4.69) is 18.3 Å². The lowest BCUT2D eigenvalue weighted by molar-refractivity contribution is 0.308. The third-order valence-corrected chi connectivity index (χ3v) is 2.59. The van der Waals surface area contributed by atoms with Gasteiger partial charge in [-0.05, 0) is 26.0 Å². The van der Waals surface area contributed by atoms with E-state index in [4.69, 9.17) is 9.47 Å². The first-order valence-corrected chi connectivity index (χ1v) is 6.32. The normalized spacial score (nSPS) is 10.3. The minimum Gasteiger partial charge on any atom is -0.493 e. The number of benzene rings is 1. The molecule has 0 aliphatic carbocycles. The van der Waals surface area contributed by atoms with Gasteiger partial charge in [0.1, 0.15) is 0 Å². The molecule has 1 N–H and O–H groups in total. The Kier molecular flexibility index (Phi) is 6.48. The smallest absolute Gasteiger partial charge is 0.165 e. The number of rotatable bonds is 8. The van der Waals surface area contributed by atoms with Crippen molar-refractivity contribution in [1.82, 2.24) is 5.32 Å². The zero-order chi connectivity index (χ0) is 12.5. The number of ether oxygens (including phenoxy) is 2. The molecule has 0 saturated carbocycles. The Morgan fingerprint density at radius 3 is 2.71 bits per heavy atom. The molecule has 0 aliphatic heterocycles. The molecular weight excluding hydrogens is 214 g/mol. The van der Waals surface area contributed by atoms with Crippen LogP contribution in [0.5, 0.6) is 11.5 Å². The van der Waals surface area contributed by atoms with Gasteiger partial charge in [0.25, 0.3) is 0 Å². The van der Waals surface area contributed by atoms with Crippen LogP contribution in [-0.2, 0) is 6.54 Å². The number of hydrogen-bond donors (Lipinski definition) is 1. The lowest BCUT2D eigenvalue weighted by atomic mass is 10.2. The molecule has 17 heavy (non-hydrogen) atoms. The predicted molar refractivity (Wildman–Crippen MR) is 70.8 cm³/mol. The summed E-state index contributed by atoms with van der Waals surface area (Å²) in [6, 6.07) is 6.02. The van der Waals surface area contributed by atoms with E-state index in [9.17, 15) is 0 Å². The quantitative estimate of drug-likeness (QED) is 0.705. The molecule has 1 rings (SSSR count). The predicted octanol–water partition coefficient (Wildman–Crippen LogP) is 2.98. The van der Waals surface area contributed by atoms with Crippen LogP contribution in [0.15, 0.2) is 18.2 Å². The Hall–Kier alpha value is -1.22. The second kappa shape index (κ2) is 7.96. The average Bonchev–Trinajstić information content (AvgIpc) is 2.35. The van der Waals surface area contributed by atoms with Gasteiger partial charge < -0.3 is 14.8 Å². The molecule has 0 aliphatic rings. The van der Waals surface area contributed by atoms with Gasteiger partial charge in [-0.3, -0.25) is 0 Å². The molecule has 0 heterocycles. The number of hydrogen-bond acceptors (Lipinski definition) is 3. The van der Waals surface area contributed by atoms with Crippen LogP contribution in [0, 0.1) is 0 Å². The van der Waals surface area contributed by atoms with Crippen LogP contribution >= 0.6 is 0 Å². The molecule has 0 radical (unpaired) electrons. The highest BCUT2D eigenvalue weighted by Crippen LogP contribution is 2.30. The first-order chi connectivity index (χ1) is 8.33. The van der Waals surface area contributed by atoms with E-state index in [1.54, 1.807) is 7.11 Å². The van der Waals surface area contributed by atoms with Gasteiger partial charge in [-0.25, -0.2) is 0 Å². The SMILES string of the molecule is CCCCNCc1cccc(OCC)c1OC. The van der Waals surface area contributed by atoms with E-state index < -0.39 is 0 Å². The first kappa shape index (κ1) is 13.8. The highest BCUT2D eigenvalue weighted by Gasteiger charge is 2.08. The maximum Gasteiger partial charge on any atom is 0.165 e. The molecule has 0 aromatic heterocycles. The Morgan fingerprint density at radius 1 is 1.24 bits per heavy atom. The topological polar surface area (TPSA) is 30.5 Å². The molecule has 3 heteroatoms. The van der Waals surface area contributed by atoms with E-state index >= 15 is 0 Å². The molecule has 0 spiro atoms. The summed E-state index contributed by atoms with van der Waals surface area (Å²) >= 11 is 0. The molecule has 0 atom stereocenters. The van der Waals surface area contributed by atoms with Crippen LogP contribution in [0.2, 0.25) is 0 Å². The summed E-state index contributed by atoms with van der Waals surface area (Å²) in [6.45, 7) is 6.69. The largest absolute Gasteiger partial charge is 0.493 e. The van der Waals surface area contributed by atoms with E-state index in [0.717, 1.165) is 30.2 Å². The highest BCUT2D eigenvalue weighted by atomic mass is 16.5. The molecular formula is C14H23NO2. The summed E-state index contributed by atoms with van der Waals surface area (Å²) in [5, 5.41) is 3.41. The van der Waals surface area contributed by atoms with Crippen LogP contribution in [0.3, 0.4) is 0 Å². The third kappa shape index (κ3) is 4.27. The molecule has 1 aromatic carbocycles. The van der Waals surface area contributed by atoms with Gasteiger partial charge in [-0.1, -0.05) is 25.5 Å². The Bertz CT molecular complexity index is 326. The molecule has 0 fully saturated rings. The Labute approximate surface area is 104 Å². The second-order valence-electron chi connectivity index (χ2n) is 3.91. The number of methoxy groups -OCH3 is 1. The van der Waals surface area contributed by atoms with Gasteiger partial charge in [-0.2, -0.15) is 0 Å². The summed E-state index contributed by atoms with van der Waals surface area (Å²) in [7, 11) is 1.69. The van der Waals surface area contributed by atoms with Crippen molar-refractivity contribution < 1.29 is 9.47 Å². The Balaban J connectivity index is 2.66. The van der Waals surface area contributed by atoms with Crippen molar-refractivity contribution in [2.45, 2.75) is 33.2 Å². The van der Waals surface area contributed by atoms with Gasteiger partial charge >= 0.3 is 0 Å². The first-order valence-electron chi connectivity index (χ1n) is 6.32. The zero-order valence-corrected chi connectivity index (χ0v) is 11.1. The molecule has 96 valence electrons. The zero-order valence-electron chi connectivity index (χ0n) is 11.1. The van der Waals surface area contributed by atoms with Crippen molar-refractivity contribution in [2.24, 2.45) is 0 Å². The third-order valence-electron chi connectivity index (χ3n) is 2.59. The number of unbranched alkanes of at least 4 members (excludes halogenated alkanes) is 1. The van der Waals surface area contributed by atoms with Crippen molar-refractivity contribution in [1.29, 1.82) is 0 Å². The van der Waals surface area contributed by atoms with E-state index in [0.29, 0.717) is 6.61 Å². The maximum absolute atomic E-state index is 5.54. The molecule has 0 unspecified atom stereocenters. The fourth-order valence-corrected chi connectivity index (χ4v) is 1.73. The van der Waals surface area contributed by atoms with Crippen LogP contribution in [0.1, 0.15) is 32.3 Å². The van der Waals surface area contributed by atoms with Crippen molar-refractivity contribution in [3.8, 4) is 11.5 Å². The molecule has 3 nitrogen and oxygen atoms in total. The minimum atomic E-state index is 0.656. The minimum absolute atomic E-state index is 0.656. The van der Waals surface area contributed by atoms with Gasteiger partial charge in [0, 0.05) is 12.1 Å². The molecule has 0 amide bonds. The number of para-hydroxylation sites is 1. The van der Waals surface area contributed by atoms with Gasteiger partial charge in [0.05, 0.1) is 13.7 Å². The summed E-state index contributed by atoms with van der Waals surface area (Å²) in [6.07, 6.45) is 2.41. The average molecular weight is 237 g/mol. The lowest BCUT2D eigenvalue weighted by Crippen LogP contribution is -2.15. The van der Waals surface area contributed by atoms with E-state index in [1.807, 2.05) is 19.1 Å². The fourth-order valence-electron chi connectivity index (χ4n) is 1.73. The van der Waals surface area contributed by atoms with Gasteiger partial charge in [-0.15, -0.1) is 0 Å². The Morgan fingerprint density at radius 2 is 2.06 bits per heavy atom. The summed E-state index contributed by atoms with van der Waals surface area (Å²) < 4.78 is 11.0. The molecule has 0 saturated heterocycles. The number of nitrogens with one attached hydrogen (secondary N) is 1.